The van der Waals surface area contributed by atoms with Crippen molar-refractivity contribution in [2.45, 2.75) is 71.0 Å². The van der Waals surface area contributed by atoms with Gasteiger partial charge in [-0.05, 0) is 43.4 Å². The summed E-state index contributed by atoms with van der Waals surface area (Å²) in [5.74, 6) is -1.07. The van der Waals surface area contributed by atoms with Crippen molar-refractivity contribution in [3.63, 3.8) is 0 Å². The number of benzene rings is 1. The van der Waals surface area contributed by atoms with Crippen LogP contribution in [0.2, 0.25) is 0 Å². The molecule has 0 amide bonds. The lowest BCUT2D eigenvalue weighted by Gasteiger charge is -2.20. The van der Waals surface area contributed by atoms with Crippen LogP contribution in [-0.4, -0.2) is 29.6 Å². The Balaban J connectivity index is 1.95. The van der Waals surface area contributed by atoms with Crippen molar-refractivity contribution in [1.82, 2.24) is 14.3 Å². The number of alkyl halides is 5. The molecule has 12 heteroatoms. The van der Waals surface area contributed by atoms with Gasteiger partial charge in [0.15, 0.2) is 0 Å². The molecule has 1 saturated carbocycles. The number of nitrogens with one attached hydrogen (secondary N) is 1. The maximum Gasteiger partial charge on any atom is 0.417 e. The first-order chi connectivity index (χ1) is 17.0. The monoisotopic (exact) mass is 547 g/mol. The number of sulfonamides is 1. The van der Waals surface area contributed by atoms with Crippen LogP contribution in [0.4, 0.5) is 26.3 Å². The van der Waals surface area contributed by atoms with Gasteiger partial charge < -0.3 is 4.57 Å². The molecule has 0 aliphatic heterocycles. The molecule has 1 atom stereocenters. The van der Waals surface area contributed by atoms with Crippen molar-refractivity contribution < 1.29 is 34.8 Å². The second kappa shape index (κ2) is 9.30. The number of nitrogens with zero attached hydrogens (tertiary/aromatic N) is 2. The fourth-order valence-corrected chi connectivity index (χ4v) is 5.88. The topological polar surface area (TPSA) is 64.0 Å². The molecule has 2 heterocycles. The van der Waals surface area contributed by atoms with Gasteiger partial charge in [-0.15, -0.1) is 0 Å². The van der Waals surface area contributed by atoms with Gasteiger partial charge in [-0.1, -0.05) is 20.8 Å². The predicted octanol–water partition coefficient (Wildman–Crippen LogP) is 6.60. The molecule has 1 aliphatic rings. The highest BCUT2D eigenvalue weighted by molar-refractivity contribution is 7.90. The van der Waals surface area contributed by atoms with E-state index in [-0.39, 0.29) is 34.3 Å². The van der Waals surface area contributed by atoms with E-state index in [0.29, 0.717) is 12.8 Å². The second-order valence-corrected chi connectivity index (χ2v) is 12.7. The van der Waals surface area contributed by atoms with E-state index in [0.717, 1.165) is 18.3 Å². The first-order valence-corrected chi connectivity index (χ1v) is 13.2. The molecular weight excluding hydrogens is 520 g/mol. The standard InChI is InChI=1S/C25H27F6N3O2S/c1-13-7-19(25(29,30)31)17(10-32-13)15-9-21-16(8-20(15)26)18(11-34(21)12-24(2,3)4)22(23(27)28)33-37(35,36)14-5-6-14/h7-11,14,22-23,33H,5-6,12H2,1-4H3. The number of fused-ring (bicyclic) bond motifs is 1. The Morgan fingerprint density at radius 1 is 1.11 bits per heavy atom. The molecule has 0 saturated heterocycles. The van der Waals surface area contributed by atoms with E-state index in [4.69, 9.17) is 0 Å². The maximum atomic E-state index is 15.4. The van der Waals surface area contributed by atoms with E-state index >= 15 is 4.39 Å². The lowest BCUT2D eigenvalue weighted by Crippen LogP contribution is -2.35. The molecule has 1 fully saturated rings. The lowest BCUT2D eigenvalue weighted by molar-refractivity contribution is -0.137. The summed E-state index contributed by atoms with van der Waals surface area (Å²) in [5, 5.41) is -0.766. The van der Waals surface area contributed by atoms with E-state index in [2.05, 4.69) is 9.71 Å². The minimum atomic E-state index is -4.79. The van der Waals surface area contributed by atoms with Gasteiger partial charge in [-0.2, -0.15) is 13.2 Å². The average molecular weight is 548 g/mol. The molecule has 3 aromatic rings. The van der Waals surface area contributed by atoms with Crippen LogP contribution in [0.3, 0.4) is 0 Å². The van der Waals surface area contributed by atoms with Crippen molar-refractivity contribution in [2.24, 2.45) is 5.41 Å². The number of aryl methyl sites for hydroxylation is 1. The van der Waals surface area contributed by atoms with Crippen LogP contribution < -0.4 is 4.72 Å². The molecule has 1 aromatic carbocycles. The summed E-state index contributed by atoms with van der Waals surface area (Å²) in [6.45, 7) is 7.24. The van der Waals surface area contributed by atoms with Gasteiger partial charge in [0.2, 0.25) is 10.0 Å². The van der Waals surface area contributed by atoms with E-state index in [1.165, 1.54) is 19.2 Å². The summed E-state index contributed by atoms with van der Waals surface area (Å²) in [7, 11) is -4.03. The highest BCUT2D eigenvalue weighted by atomic mass is 32.2. The zero-order valence-electron chi connectivity index (χ0n) is 20.6. The Hall–Kier alpha value is -2.60. The molecule has 0 radical (unpaired) electrons. The van der Waals surface area contributed by atoms with Gasteiger partial charge in [0, 0.05) is 52.2 Å². The number of pyridine rings is 1. The number of hydrogen-bond donors (Lipinski definition) is 1. The number of halogens is 6. The summed E-state index contributed by atoms with van der Waals surface area (Å²) in [5.41, 5.74) is -2.20. The normalized spacial score (nSPS) is 16.1. The first kappa shape index (κ1) is 27.4. The molecule has 202 valence electrons. The van der Waals surface area contributed by atoms with Crippen molar-refractivity contribution in [2.75, 3.05) is 0 Å². The molecule has 2 aromatic heterocycles. The Morgan fingerprint density at radius 3 is 2.30 bits per heavy atom. The molecular formula is C25H27F6N3O2S. The van der Waals surface area contributed by atoms with Crippen LogP contribution in [0.15, 0.2) is 30.6 Å². The third-order valence-electron chi connectivity index (χ3n) is 6.12. The molecule has 1 N–H and O–H groups in total. The largest absolute Gasteiger partial charge is 0.417 e. The van der Waals surface area contributed by atoms with Crippen molar-refractivity contribution in [3.8, 4) is 11.1 Å². The van der Waals surface area contributed by atoms with Gasteiger partial charge in [0.05, 0.1) is 10.8 Å². The van der Waals surface area contributed by atoms with Gasteiger partial charge in [0.25, 0.3) is 6.43 Å². The third kappa shape index (κ3) is 5.79. The van der Waals surface area contributed by atoms with Crippen molar-refractivity contribution in [1.29, 1.82) is 0 Å². The minimum absolute atomic E-state index is 0.0112. The lowest BCUT2D eigenvalue weighted by atomic mass is 9.96. The Morgan fingerprint density at radius 2 is 1.76 bits per heavy atom. The molecule has 0 bridgehead atoms. The molecule has 37 heavy (non-hydrogen) atoms. The van der Waals surface area contributed by atoms with Crippen molar-refractivity contribution >= 4 is 20.9 Å². The molecule has 4 rings (SSSR count). The van der Waals surface area contributed by atoms with Gasteiger partial charge in [-0.3, -0.25) is 4.98 Å². The second-order valence-electron chi connectivity index (χ2n) is 10.7. The van der Waals surface area contributed by atoms with Crippen LogP contribution in [0.5, 0.6) is 0 Å². The van der Waals surface area contributed by atoms with E-state index in [9.17, 15) is 30.4 Å². The molecule has 1 unspecified atom stereocenters. The van der Waals surface area contributed by atoms with Crippen LogP contribution in [0.25, 0.3) is 22.0 Å². The number of aromatic nitrogens is 2. The average Bonchev–Trinajstić information content (AvgIpc) is 3.56. The number of hydrogen-bond acceptors (Lipinski definition) is 3. The third-order valence-corrected chi connectivity index (χ3v) is 8.05. The van der Waals surface area contributed by atoms with Gasteiger partial charge >= 0.3 is 6.18 Å². The van der Waals surface area contributed by atoms with Crippen LogP contribution in [0.1, 0.15) is 56.5 Å². The summed E-state index contributed by atoms with van der Waals surface area (Å²) < 4.78 is 114. The summed E-state index contributed by atoms with van der Waals surface area (Å²) in [6.07, 6.45) is -4.95. The SMILES string of the molecule is Cc1cc(C(F)(F)F)c(-c2cc3c(cc2F)c(C(NS(=O)(=O)C2CC2)C(F)F)cn3CC(C)(C)C)cn1. The predicted molar refractivity (Wildman–Crippen MR) is 128 cm³/mol. The minimum Gasteiger partial charge on any atom is -0.347 e. The van der Waals surface area contributed by atoms with E-state index in [1.807, 2.05) is 20.8 Å². The quantitative estimate of drug-likeness (QED) is 0.339. The molecule has 5 nitrogen and oxygen atoms in total. The zero-order chi connectivity index (χ0) is 27.5. The summed E-state index contributed by atoms with van der Waals surface area (Å²) in [6, 6.07) is 0.934. The van der Waals surface area contributed by atoms with E-state index < -0.39 is 56.3 Å². The Bertz CT molecular complexity index is 1440. The zero-order valence-corrected chi connectivity index (χ0v) is 21.4. The Kier molecular flexibility index (Phi) is 6.90. The van der Waals surface area contributed by atoms with Crippen LogP contribution in [-0.2, 0) is 22.7 Å². The molecule has 0 spiro atoms. The summed E-state index contributed by atoms with van der Waals surface area (Å²) >= 11 is 0. The summed E-state index contributed by atoms with van der Waals surface area (Å²) in [4.78, 5) is 3.90. The van der Waals surface area contributed by atoms with Gasteiger partial charge in [0.1, 0.15) is 11.9 Å². The highest BCUT2D eigenvalue weighted by Crippen LogP contribution is 2.41. The molecule has 1 aliphatic carbocycles. The maximum absolute atomic E-state index is 15.4. The van der Waals surface area contributed by atoms with Crippen LogP contribution >= 0.6 is 0 Å². The van der Waals surface area contributed by atoms with Crippen molar-refractivity contribution in [3.05, 3.63) is 53.2 Å². The van der Waals surface area contributed by atoms with Crippen LogP contribution in [0, 0.1) is 18.2 Å². The first-order valence-electron chi connectivity index (χ1n) is 11.6. The number of rotatable bonds is 7. The van der Waals surface area contributed by atoms with E-state index in [1.54, 1.807) is 4.57 Å². The van der Waals surface area contributed by atoms with Gasteiger partial charge in [-0.25, -0.2) is 26.3 Å². The fraction of sp³-hybridized carbons (Fsp3) is 0.480. The highest BCUT2D eigenvalue weighted by Gasteiger charge is 2.40. The Labute approximate surface area is 210 Å². The fourth-order valence-electron chi connectivity index (χ4n) is 4.34. The smallest absolute Gasteiger partial charge is 0.347 e.